The van der Waals surface area contributed by atoms with E-state index < -0.39 is 11.9 Å². The lowest BCUT2D eigenvalue weighted by atomic mass is 10.1. The number of nitrogen functional groups attached to an aromatic ring is 1. The summed E-state index contributed by atoms with van der Waals surface area (Å²) in [5.41, 5.74) is 7.27. The fourth-order valence-electron chi connectivity index (χ4n) is 1.97. The number of nitrogens with zero attached hydrogens (tertiary/aromatic N) is 1. The van der Waals surface area contributed by atoms with Crippen molar-refractivity contribution in [1.82, 2.24) is 10.3 Å². The summed E-state index contributed by atoms with van der Waals surface area (Å²) in [5, 5.41) is 11.2. The van der Waals surface area contributed by atoms with Crippen LogP contribution in [0.2, 0.25) is 0 Å². The number of esters is 1. The highest BCUT2D eigenvalue weighted by Crippen LogP contribution is 2.12. The molecule has 130 valence electrons. The first-order valence-corrected chi connectivity index (χ1v) is 7.63. The van der Waals surface area contributed by atoms with Gasteiger partial charge in [-0.1, -0.05) is 30.3 Å². The summed E-state index contributed by atoms with van der Waals surface area (Å²) >= 11 is 0. The molecule has 0 aliphatic rings. The van der Waals surface area contributed by atoms with E-state index in [-0.39, 0.29) is 31.1 Å². The van der Waals surface area contributed by atoms with Crippen LogP contribution in [0.4, 0.5) is 5.82 Å². The Balaban J connectivity index is 1.98. The largest absolute Gasteiger partial charge is 0.458 e. The van der Waals surface area contributed by atoms with Crippen LogP contribution in [0.1, 0.15) is 21.5 Å². The predicted octanol–water partition coefficient (Wildman–Crippen LogP) is 1.14. The summed E-state index contributed by atoms with van der Waals surface area (Å²) in [6.07, 6.45) is 4.19. The van der Waals surface area contributed by atoms with Gasteiger partial charge in [0.15, 0.2) is 0 Å². The van der Waals surface area contributed by atoms with Gasteiger partial charge in [0.25, 0.3) is 5.91 Å². The zero-order valence-electron chi connectivity index (χ0n) is 13.5. The minimum absolute atomic E-state index is 0.0687. The SMILES string of the molecule is Nc1ncc(/C=C/C(=O)OCc2ccccc2)cc1C(=O)NCCO. The summed E-state index contributed by atoms with van der Waals surface area (Å²) < 4.78 is 5.13. The van der Waals surface area contributed by atoms with E-state index in [1.54, 1.807) is 0 Å². The summed E-state index contributed by atoms with van der Waals surface area (Å²) in [5.74, 6) is -0.882. The van der Waals surface area contributed by atoms with Gasteiger partial charge in [-0.2, -0.15) is 0 Å². The standard InChI is InChI=1S/C18H19N3O4/c19-17-15(18(24)20-8-9-22)10-14(11-21-17)6-7-16(23)25-12-13-4-2-1-3-5-13/h1-7,10-11,22H,8-9,12H2,(H2,19,21)(H,20,24)/b7-6+. The highest BCUT2D eigenvalue weighted by molar-refractivity contribution is 5.99. The second-order valence-corrected chi connectivity index (χ2v) is 5.11. The van der Waals surface area contributed by atoms with E-state index in [9.17, 15) is 9.59 Å². The van der Waals surface area contributed by atoms with Crippen LogP contribution in [0.5, 0.6) is 0 Å². The molecule has 0 aliphatic carbocycles. The molecule has 0 bridgehead atoms. The number of aliphatic hydroxyl groups is 1. The fourth-order valence-corrected chi connectivity index (χ4v) is 1.97. The van der Waals surface area contributed by atoms with Crippen LogP contribution in [0.3, 0.4) is 0 Å². The highest BCUT2D eigenvalue weighted by Gasteiger charge is 2.10. The number of anilines is 1. The lowest BCUT2D eigenvalue weighted by Gasteiger charge is -2.06. The number of ether oxygens (including phenoxy) is 1. The Hall–Kier alpha value is -3.19. The third kappa shape index (κ3) is 5.74. The average molecular weight is 341 g/mol. The Morgan fingerprint density at radius 3 is 2.76 bits per heavy atom. The molecule has 7 nitrogen and oxygen atoms in total. The molecule has 1 heterocycles. The predicted molar refractivity (Wildman–Crippen MR) is 93.3 cm³/mol. The lowest BCUT2D eigenvalue weighted by Crippen LogP contribution is -2.27. The Bertz CT molecular complexity index is 760. The normalized spacial score (nSPS) is 10.6. The molecular formula is C18H19N3O4. The summed E-state index contributed by atoms with van der Waals surface area (Å²) in [7, 11) is 0. The Kier molecular flexibility index (Phi) is 6.67. The second kappa shape index (κ2) is 9.19. The molecule has 1 amide bonds. The molecule has 25 heavy (non-hydrogen) atoms. The second-order valence-electron chi connectivity index (χ2n) is 5.11. The molecule has 0 saturated heterocycles. The van der Waals surface area contributed by atoms with Gasteiger partial charge in [0.05, 0.1) is 12.2 Å². The maximum Gasteiger partial charge on any atom is 0.331 e. The monoisotopic (exact) mass is 341 g/mol. The Morgan fingerprint density at radius 1 is 1.28 bits per heavy atom. The van der Waals surface area contributed by atoms with Gasteiger partial charge in [-0.05, 0) is 23.3 Å². The van der Waals surface area contributed by atoms with Gasteiger partial charge in [-0.25, -0.2) is 9.78 Å². The number of rotatable bonds is 7. The minimum atomic E-state index is -0.507. The molecule has 0 atom stereocenters. The van der Waals surface area contributed by atoms with E-state index in [1.807, 2.05) is 30.3 Å². The van der Waals surface area contributed by atoms with Gasteiger partial charge in [-0.15, -0.1) is 0 Å². The Labute approximate surface area is 145 Å². The molecule has 2 aromatic rings. The van der Waals surface area contributed by atoms with E-state index in [2.05, 4.69) is 10.3 Å². The molecule has 0 unspecified atom stereocenters. The van der Waals surface area contributed by atoms with Crippen molar-refractivity contribution >= 4 is 23.8 Å². The van der Waals surface area contributed by atoms with Gasteiger partial charge in [-0.3, -0.25) is 4.79 Å². The maximum absolute atomic E-state index is 11.9. The number of benzene rings is 1. The molecule has 7 heteroatoms. The van der Waals surface area contributed by atoms with Crippen molar-refractivity contribution in [3.63, 3.8) is 0 Å². The van der Waals surface area contributed by atoms with Crippen molar-refractivity contribution < 1.29 is 19.4 Å². The van der Waals surface area contributed by atoms with E-state index in [1.165, 1.54) is 24.4 Å². The third-order valence-electron chi connectivity index (χ3n) is 3.22. The van der Waals surface area contributed by atoms with Gasteiger partial charge >= 0.3 is 5.97 Å². The first kappa shape index (κ1) is 18.2. The molecule has 1 aromatic heterocycles. The van der Waals surface area contributed by atoms with E-state index in [0.717, 1.165) is 5.56 Å². The molecule has 0 radical (unpaired) electrons. The number of hydrogen-bond acceptors (Lipinski definition) is 6. The third-order valence-corrected chi connectivity index (χ3v) is 3.22. The van der Waals surface area contributed by atoms with Crippen LogP contribution in [0, 0.1) is 0 Å². The number of aliphatic hydroxyl groups excluding tert-OH is 1. The topological polar surface area (TPSA) is 115 Å². The number of aromatic nitrogens is 1. The molecule has 0 fully saturated rings. The van der Waals surface area contributed by atoms with Gasteiger partial charge in [0, 0.05) is 18.8 Å². The summed E-state index contributed by atoms with van der Waals surface area (Å²) in [6, 6.07) is 10.8. The van der Waals surface area contributed by atoms with Crippen molar-refractivity contribution in [1.29, 1.82) is 0 Å². The van der Waals surface area contributed by atoms with Crippen molar-refractivity contribution in [3.8, 4) is 0 Å². The summed E-state index contributed by atoms with van der Waals surface area (Å²) in [6.45, 7) is 0.120. The summed E-state index contributed by atoms with van der Waals surface area (Å²) in [4.78, 5) is 27.6. The van der Waals surface area contributed by atoms with Crippen molar-refractivity contribution in [2.24, 2.45) is 0 Å². The molecule has 0 spiro atoms. The lowest BCUT2D eigenvalue weighted by molar-refractivity contribution is -0.138. The fraction of sp³-hybridized carbons (Fsp3) is 0.167. The average Bonchev–Trinajstić information content (AvgIpc) is 2.64. The number of nitrogens with two attached hydrogens (primary N) is 1. The zero-order valence-corrected chi connectivity index (χ0v) is 13.5. The first-order chi connectivity index (χ1) is 12.1. The van der Waals surface area contributed by atoms with E-state index >= 15 is 0 Å². The first-order valence-electron chi connectivity index (χ1n) is 7.63. The molecule has 0 aliphatic heterocycles. The van der Waals surface area contributed by atoms with Crippen LogP contribution in [-0.2, 0) is 16.1 Å². The quantitative estimate of drug-likeness (QED) is 0.514. The Morgan fingerprint density at radius 2 is 2.04 bits per heavy atom. The molecule has 1 aromatic carbocycles. The number of pyridine rings is 1. The molecule has 4 N–H and O–H groups in total. The van der Waals surface area contributed by atoms with E-state index in [4.69, 9.17) is 15.6 Å². The van der Waals surface area contributed by atoms with E-state index in [0.29, 0.717) is 5.56 Å². The van der Waals surface area contributed by atoms with Gasteiger partial charge in [0.1, 0.15) is 12.4 Å². The van der Waals surface area contributed by atoms with Crippen molar-refractivity contribution in [2.75, 3.05) is 18.9 Å². The van der Waals surface area contributed by atoms with Crippen molar-refractivity contribution in [2.45, 2.75) is 6.61 Å². The van der Waals surface area contributed by atoms with Crippen molar-refractivity contribution in [3.05, 3.63) is 65.4 Å². The number of carbonyl (C=O) groups excluding carboxylic acids is 2. The number of nitrogens with one attached hydrogen (secondary N) is 1. The minimum Gasteiger partial charge on any atom is -0.458 e. The van der Waals surface area contributed by atoms with Crippen LogP contribution < -0.4 is 11.1 Å². The maximum atomic E-state index is 11.9. The molecular weight excluding hydrogens is 322 g/mol. The number of amides is 1. The van der Waals surface area contributed by atoms with Crippen LogP contribution >= 0.6 is 0 Å². The highest BCUT2D eigenvalue weighted by atomic mass is 16.5. The molecule has 0 saturated carbocycles. The van der Waals surface area contributed by atoms with Crippen LogP contribution in [0.25, 0.3) is 6.08 Å². The van der Waals surface area contributed by atoms with Crippen LogP contribution in [0.15, 0.2) is 48.7 Å². The van der Waals surface area contributed by atoms with Crippen LogP contribution in [-0.4, -0.2) is 35.1 Å². The van der Waals surface area contributed by atoms with Gasteiger partial charge < -0.3 is 20.9 Å². The number of carbonyl (C=O) groups is 2. The molecule has 2 rings (SSSR count). The smallest absolute Gasteiger partial charge is 0.331 e. The van der Waals surface area contributed by atoms with Gasteiger partial charge in [0.2, 0.25) is 0 Å². The zero-order chi connectivity index (χ0) is 18.1. The number of hydrogen-bond donors (Lipinski definition) is 3.